The molecule has 7 heteroatoms. The lowest BCUT2D eigenvalue weighted by Gasteiger charge is -2.30. The van der Waals surface area contributed by atoms with Crippen LogP contribution in [0.15, 0.2) is 71.2 Å². The average Bonchev–Trinajstić information content (AvgIpc) is 3.14. The molecule has 0 bridgehead atoms. The molecule has 0 unspecified atom stereocenters. The Hall–Kier alpha value is -2.80. The van der Waals surface area contributed by atoms with Crippen molar-refractivity contribution in [2.45, 2.75) is 110 Å². The lowest BCUT2D eigenvalue weighted by atomic mass is 9.86. The molecule has 1 N–H and O–H groups in total. The molecule has 0 amide bonds. The van der Waals surface area contributed by atoms with Crippen molar-refractivity contribution in [1.82, 2.24) is 4.90 Å². The summed E-state index contributed by atoms with van der Waals surface area (Å²) in [5, 5.41) is 14.5. The first-order valence-corrected chi connectivity index (χ1v) is 20.1. The third-order valence-electron chi connectivity index (χ3n) is 11.5. The third-order valence-corrected chi connectivity index (χ3v) is 12.5. The van der Waals surface area contributed by atoms with Crippen LogP contribution in [-0.2, 0) is 11.3 Å². The summed E-state index contributed by atoms with van der Waals surface area (Å²) in [5.41, 5.74) is 1.21. The van der Waals surface area contributed by atoms with Crippen molar-refractivity contribution in [3.8, 4) is 11.5 Å². The van der Waals surface area contributed by atoms with Crippen molar-refractivity contribution in [2.24, 2.45) is 17.8 Å². The summed E-state index contributed by atoms with van der Waals surface area (Å²) in [6, 6.07) is 23.2. The zero-order valence-electron chi connectivity index (χ0n) is 29.7. The number of carboxylic acids is 1. The molecule has 2 saturated carbocycles. The smallest absolute Gasteiger partial charge is 0.306 e. The van der Waals surface area contributed by atoms with Crippen LogP contribution in [0.1, 0.15) is 96.5 Å². The van der Waals surface area contributed by atoms with E-state index in [-0.39, 0.29) is 12.0 Å². The van der Waals surface area contributed by atoms with E-state index < -0.39 is 5.97 Å². The van der Waals surface area contributed by atoms with Gasteiger partial charge in [0.2, 0.25) is 0 Å². The second-order valence-corrected chi connectivity index (χ2v) is 16.0. The molecule has 7 rings (SSSR count). The maximum atomic E-state index is 11.2. The van der Waals surface area contributed by atoms with E-state index >= 15 is 0 Å². The molecule has 3 fully saturated rings. The number of halogens is 2. The Morgan fingerprint density at radius 2 is 1.36 bits per heavy atom. The van der Waals surface area contributed by atoms with E-state index in [1.54, 1.807) is 0 Å². The van der Waals surface area contributed by atoms with Gasteiger partial charge in [0, 0.05) is 16.4 Å². The first-order valence-electron chi connectivity index (χ1n) is 19.0. The highest BCUT2D eigenvalue weighted by atomic mass is 79.9. The number of hydrogen-bond acceptors (Lipinski definition) is 4. The standard InChI is InChI=1S/C25H32ClNO3.C18H21BrO/c1-2-17-4-8-21(9-5-17)30-23-10-7-19-6-3-18(15-22(19)24(23)26)16-27-13-11-20(12-14-27)25(28)29;1-2-13-6-9-15(10-7-13)20-16-11-8-14-4-3-5-18(19)17(14)12-16/h3,6-7,10,15,17,20-21H,2,4-5,8-9,11-14,16H2,1H3,(H,28,29);3-5,8,11-13,15H,2,6-7,9-10H2,1H3. The van der Waals surface area contributed by atoms with Crippen LogP contribution in [0, 0.1) is 17.8 Å². The van der Waals surface area contributed by atoms with Crippen molar-refractivity contribution in [3.05, 3.63) is 81.8 Å². The van der Waals surface area contributed by atoms with E-state index in [2.05, 4.69) is 95.3 Å². The first-order chi connectivity index (χ1) is 24.3. The van der Waals surface area contributed by atoms with Gasteiger partial charge in [-0.05, 0) is 141 Å². The summed E-state index contributed by atoms with van der Waals surface area (Å²) in [7, 11) is 0. The monoisotopic (exact) mass is 761 g/mol. The van der Waals surface area contributed by atoms with Gasteiger partial charge in [-0.15, -0.1) is 0 Å². The SMILES string of the molecule is CCC1CCC(Oc2ccc3ccc(CN4CCC(C(=O)O)CC4)cc3c2Cl)CC1.CCC1CCC(Oc2ccc3cccc(Br)c3c2)CC1. The van der Waals surface area contributed by atoms with Gasteiger partial charge in [-0.3, -0.25) is 9.69 Å². The van der Waals surface area contributed by atoms with E-state index in [0.29, 0.717) is 11.1 Å². The number of piperidine rings is 1. The van der Waals surface area contributed by atoms with E-state index in [1.165, 1.54) is 67.7 Å². The molecule has 0 aromatic heterocycles. The van der Waals surface area contributed by atoms with Crippen LogP contribution >= 0.6 is 27.5 Å². The molecule has 268 valence electrons. The van der Waals surface area contributed by atoms with E-state index in [0.717, 1.165) is 83.9 Å². The van der Waals surface area contributed by atoms with Crippen molar-refractivity contribution in [3.63, 3.8) is 0 Å². The minimum absolute atomic E-state index is 0.195. The van der Waals surface area contributed by atoms with Gasteiger partial charge in [-0.2, -0.15) is 0 Å². The largest absolute Gasteiger partial charge is 0.490 e. The second-order valence-electron chi connectivity index (χ2n) is 14.8. The summed E-state index contributed by atoms with van der Waals surface area (Å²) >= 11 is 10.4. The van der Waals surface area contributed by atoms with Gasteiger partial charge in [-0.1, -0.05) is 90.6 Å². The van der Waals surface area contributed by atoms with Crippen LogP contribution < -0.4 is 9.47 Å². The molecular weight excluding hydrogens is 710 g/mol. The van der Waals surface area contributed by atoms with Crippen molar-refractivity contribution < 1.29 is 19.4 Å². The Morgan fingerprint density at radius 3 is 2.00 bits per heavy atom. The number of hydrogen-bond donors (Lipinski definition) is 1. The number of carboxylic acid groups (broad SMARTS) is 1. The summed E-state index contributed by atoms with van der Waals surface area (Å²) in [4.78, 5) is 13.5. The Balaban J connectivity index is 0.000000187. The highest BCUT2D eigenvalue weighted by Gasteiger charge is 2.25. The van der Waals surface area contributed by atoms with Crippen LogP contribution in [0.3, 0.4) is 0 Å². The molecule has 4 aromatic carbocycles. The molecule has 50 heavy (non-hydrogen) atoms. The minimum atomic E-state index is -0.664. The molecule has 1 saturated heterocycles. The quantitative estimate of drug-likeness (QED) is 0.184. The zero-order valence-corrected chi connectivity index (χ0v) is 32.1. The second kappa shape index (κ2) is 17.6. The Bertz CT molecular complexity index is 1720. The first kappa shape index (κ1) is 37.0. The highest BCUT2D eigenvalue weighted by molar-refractivity contribution is 9.10. The van der Waals surface area contributed by atoms with Crippen molar-refractivity contribution >= 4 is 55.0 Å². The maximum Gasteiger partial charge on any atom is 0.306 e. The number of rotatable bonds is 9. The predicted octanol–water partition coefficient (Wildman–Crippen LogP) is 12.1. The Kier molecular flexibility index (Phi) is 13.0. The molecule has 3 aliphatic rings. The topological polar surface area (TPSA) is 59.0 Å². The summed E-state index contributed by atoms with van der Waals surface area (Å²) in [6.07, 6.45) is 14.4. The lowest BCUT2D eigenvalue weighted by molar-refractivity contribution is -0.143. The van der Waals surface area contributed by atoms with Crippen LogP contribution in [0.2, 0.25) is 5.02 Å². The number of fused-ring (bicyclic) bond motifs is 2. The van der Waals surface area contributed by atoms with Gasteiger partial charge >= 0.3 is 5.97 Å². The molecule has 2 aliphatic carbocycles. The molecule has 1 heterocycles. The number of aliphatic carboxylic acids is 1. The molecule has 4 aromatic rings. The number of ether oxygens (including phenoxy) is 2. The van der Waals surface area contributed by atoms with Crippen molar-refractivity contribution in [1.29, 1.82) is 0 Å². The van der Waals surface area contributed by atoms with Crippen LogP contribution in [0.4, 0.5) is 0 Å². The van der Waals surface area contributed by atoms with Gasteiger partial charge in [0.05, 0.1) is 23.1 Å². The molecule has 5 nitrogen and oxygen atoms in total. The summed E-state index contributed by atoms with van der Waals surface area (Å²) < 4.78 is 13.6. The van der Waals surface area contributed by atoms with Gasteiger partial charge < -0.3 is 14.6 Å². The van der Waals surface area contributed by atoms with Crippen LogP contribution in [0.5, 0.6) is 11.5 Å². The Labute approximate surface area is 311 Å². The number of benzene rings is 4. The molecular formula is C43H53BrClNO4. The fraction of sp³-hybridized carbons (Fsp3) is 0.512. The molecule has 0 spiro atoms. The molecule has 0 radical (unpaired) electrons. The maximum absolute atomic E-state index is 11.2. The number of nitrogens with zero attached hydrogens (tertiary/aromatic N) is 1. The zero-order chi connectivity index (χ0) is 35.0. The fourth-order valence-electron chi connectivity index (χ4n) is 8.07. The molecule has 1 aliphatic heterocycles. The predicted molar refractivity (Wildman–Crippen MR) is 210 cm³/mol. The van der Waals surface area contributed by atoms with E-state index in [1.807, 2.05) is 6.07 Å². The number of carbonyl (C=O) groups is 1. The fourth-order valence-corrected chi connectivity index (χ4v) is 8.84. The van der Waals surface area contributed by atoms with Gasteiger partial charge in [-0.25, -0.2) is 0 Å². The van der Waals surface area contributed by atoms with Gasteiger partial charge in [0.25, 0.3) is 0 Å². The highest BCUT2D eigenvalue weighted by Crippen LogP contribution is 2.37. The third kappa shape index (κ3) is 9.54. The summed E-state index contributed by atoms with van der Waals surface area (Å²) in [5.74, 6) is 2.70. The minimum Gasteiger partial charge on any atom is -0.490 e. The van der Waals surface area contributed by atoms with Gasteiger partial charge in [0.15, 0.2) is 0 Å². The van der Waals surface area contributed by atoms with Crippen LogP contribution in [0.25, 0.3) is 21.5 Å². The molecule has 0 atom stereocenters. The van der Waals surface area contributed by atoms with E-state index in [9.17, 15) is 9.90 Å². The summed E-state index contributed by atoms with van der Waals surface area (Å²) in [6.45, 7) is 7.05. The Morgan fingerprint density at radius 1 is 0.760 bits per heavy atom. The lowest BCUT2D eigenvalue weighted by Crippen LogP contribution is -2.35. The normalized spacial score (nSPS) is 23.3. The van der Waals surface area contributed by atoms with Crippen molar-refractivity contribution in [2.75, 3.05) is 13.1 Å². The van der Waals surface area contributed by atoms with Gasteiger partial charge in [0.1, 0.15) is 11.5 Å². The number of likely N-dealkylation sites (tertiary alicyclic amines) is 1. The van der Waals surface area contributed by atoms with E-state index in [4.69, 9.17) is 21.1 Å². The average molecular weight is 763 g/mol. The van der Waals surface area contributed by atoms with Crippen LogP contribution in [-0.4, -0.2) is 41.3 Å².